The number of aromatic nitrogens is 5. The fraction of sp³-hybridized carbons (Fsp3) is 0.182. The van der Waals surface area contributed by atoms with Crippen LogP contribution in [0.15, 0.2) is 52.2 Å². The number of methoxy groups -OCH3 is 1. The molecule has 35 heavy (non-hydrogen) atoms. The molecular weight excluding hydrogens is 459 g/mol. The highest BCUT2D eigenvalue weighted by molar-refractivity contribution is 6.01. The van der Waals surface area contributed by atoms with Crippen molar-refractivity contribution in [1.29, 1.82) is 0 Å². The van der Waals surface area contributed by atoms with Crippen molar-refractivity contribution in [3.8, 4) is 17.3 Å². The molecule has 0 bridgehead atoms. The van der Waals surface area contributed by atoms with Crippen molar-refractivity contribution in [3.05, 3.63) is 70.8 Å². The SMILES string of the molecule is COc1cc(/C(C)=N\NC(=O)c2c(C)nnn2-c2nonc2N)ccc1OCc1ccccc1F. The number of hydrogen-bond donors (Lipinski definition) is 2. The third kappa shape index (κ3) is 4.93. The van der Waals surface area contributed by atoms with Crippen LogP contribution < -0.4 is 20.6 Å². The Morgan fingerprint density at radius 1 is 1.23 bits per heavy atom. The average molecular weight is 480 g/mol. The average Bonchev–Trinajstić information content (AvgIpc) is 3.46. The molecule has 4 aromatic rings. The van der Waals surface area contributed by atoms with Crippen LogP contribution in [0.5, 0.6) is 11.5 Å². The summed E-state index contributed by atoms with van der Waals surface area (Å²) < 4.78 is 30.7. The minimum atomic E-state index is -0.592. The Balaban J connectivity index is 1.49. The van der Waals surface area contributed by atoms with Gasteiger partial charge in [-0.3, -0.25) is 4.79 Å². The molecule has 0 aliphatic heterocycles. The van der Waals surface area contributed by atoms with Gasteiger partial charge < -0.3 is 15.2 Å². The third-order valence-electron chi connectivity index (χ3n) is 5.00. The van der Waals surface area contributed by atoms with Gasteiger partial charge in [0.15, 0.2) is 17.2 Å². The number of benzene rings is 2. The van der Waals surface area contributed by atoms with Gasteiger partial charge in [-0.15, -0.1) is 5.10 Å². The van der Waals surface area contributed by atoms with Gasteiger partial charge in [-0.1, -0.05) is 23.4 Å². The van der Waals surface area contributed by atoms with E-state index in [1.165, 1.54) is 13.2 Å². The summed E-state index contributed by atoms with van der Waals surface area (Å²) in [5, 5.41) is 19.0. The number of rotatable bonds is 8. The highest BCUT2D eigenvalue weighted by Crippen LogP contribution is 2.29. The van der Waals surface area contributed by atoms with Crippen molar-refractivity contribution in [2.45, 2.75) is 20.5 Å². The van der Waals surface area contributed by atoms with E-state index in [2.05, 4.69) is 35.8 Å². The number of ether oxygens (including phenoxy) is 2. The zero-order chi connectivity index (χ0) is 24.9. The first-order chi connectivity index (χ1) is 16.9. The Morgan fingerprint density at radius 3 is 2.74 bits per heavy atom. The lowest BCUT2D eigenvalue weighted by Crippen LogP contribution is -2.24. The molecule has 13 heteroatoms. The zero-order valence-electron chi connectivity index (χ0n) is 19.0. The minimum absolute atomic E-state index is 0.0344. The van der Waals surface area contributed by atoms with Crippen molar-refractivity contribution in [2.24, 2.45) is 5.10 Å². The summed E-state index contributed by atoms with van der Waals surface area (Å²) in [6, 6.07) is 11.5. The van der Waals surface area contributed by atoms with Crippen LogP contribution in [0, 0.1) is 12.7 Å². The second-order valence-corrected chi connectivity index (χ2v) is 7.29. The molecule has 180 valence electrons. The van der Waals surface area contributed by atoms with Crippen LogP contribution in [0.25, 0.3) is 5.82 Å². The number of nitrogen functional groups attached to an aromatic ring is 1. The van der Waals surface area contributed by atoms with Gasteiger partial charge in [0.25, 0.3) is 5.91 Å². The van der Waals surface area contributed by atoms with Gasteiger partial charge in [0.1, 0.15) is 12.4 Å². The van der Waals surface area contributed by atoms with E-state index in [9.17, 15) is 9.18 Å². The number of halogens is 1. The van der Waals surface area contributed by atoms with Crippen LogP contribution in [0.2, 0.25) is 0 Å². The maximum atomic E-state index is 13.9. The quantitative estimate of drug-likeness (QED) is 0.286. The molecule has 2 aromatic heterocycles. The van der Waals surface area contributed by atoms with Crippen LogP contribution in [0.3, 0.4) is 0 Å². The van der Waals surface area contributed by atoms with E-state index in [4.69, 9.17) is 15.2 Å². The largest absolute Gasteiger partial charge is 0.493 e. The number of nitrogens with zero attached hydrogens (tertiary/aromatic N) is 6. The third-order valence-corrected chi connectivity index (χ3v) is 5.00. The van der Waals surface area contributed by atoms with Crippen LogP contribution in [0.4, 0.5) is 10.2 Å². The van der Waals surface area contributed by atoms with E-state index in [1.54, 1.807) is 50.2 Å². The second-order valence-electron chi connectivity index (χ2n) is 7.29. The molecule has 0 atom stereocenters. The molecule has 0 saturated heterocycles. The molecule has 4 rings (SSSR count). The fourth-order valence-corrected chi connectivity index (χ4v) is 3.14. The van der Waals surface area contributed by atoms with Gasteiger partial charge in [0, 0.05) is 11.1 Å². The number of hydrogen-bond acceptors (Lipinski definition) is 10. The number of amides is 1. The predicted octanol–water partition coefficient (Wildman–Crippen LogP) is 2.42. The van der Waals surface area contributed by atoms with Gasteiger partial charge in [0.2, 0.25) is 11.6 Å². The molecule has 2 aromatic carbocycles. The Hall–Kier alpha value is -4.81. The molecule has 2 heterocycles. The summed E-state index contributed by atoms with van der Waals surface area (Å²) in [7, 11) is 1.49. The van der Waals surface area contributed by atoms with E-state index in [0.717, 1.165) is 4.68 Å². The van der Waals surface area contributed by atoms with Gasteiger partial charge in [-0.05, 0) is 48.4 Å². The van der Waals surface area contributed by atoms with Crippen molar-refractivity contribution < 1.29 is 23.3 Å². The molecule has 3 N–H and O–H groups in total. The number of nitrogens with two attached hydrogens (primary N) is 1. The highest BCUT2D eigenvalue weighted by atomic mass is 19.1. The maximum Gasteiger partial charge on any atom is 0.292 e. The van der Waals surface area contributed by atoms with Gasteiger partial charge in [-0.2, -0.15) is 9.78 Å². The fourth-order valence-electron chi connectivity index (χ4n) is 3.14. The second kappa shape index (κ2) is 9.99. The van der Waals surface area contributed by atoms with Crippen molar-refractivity contribution >= 4 is 17.4 Å². The molecule has 12 nitrogen and oxygen atoms in total. The standard InChI is InChI=1S/C22H21FN8O4/c1-12(25-27-22(32)19-13(2)26-30-31(19)21-20(24)28-35-29-21)14-8-9-17(18(10-14)33-3)34-11-15-6-4-5-7-16(15)23/h4-10H,11H2,1-3H3,(H2,24,28)(H,27,32)/b25-12-. The summed E-state index contributed by atoms with van der Waals surface area (Å²) in [5.74, 6) is -0.102. The lowest BCUT2D eigenvalue weighted by molar-refractivity contribution is 0.0946. The summed E-state index contributed by atoms with van der Waals surface area (Å²) >= 11 is 0. The van der Waals surface area contributed by atoms with Crippen LogP contribution in [0.1, 0.15) is 34.2 Å². The van der Waals surface area contributed by atoms with Crippen LogP contribution in [-0.2, 0) is 6.61 Å². The molecule has 1 amide bonds. The maximum absolute atomic E-state index is 13.9. The van der Waals surface area contributed by atoms with Crippen molar-refractivity contribution in [3.63, 3.8) is 0 Å². The summed E-state index contributed by atoms with van der Waals surface area (Å²) in [5.41, 5.74) is 10.1. The summed E-state index contributed by atoms with van der Waals surface area (Å²) in [6.45, 7) is 3.35. The number of anilines is 1. The number of aryl methyl sites for hydroxylation is 1. The van der Waals surface area contributed by atoms with E-state index < -0.39 is 5.91 Å². The lowest BCUT2D eigenvalue weighted by atomic mass is 10.1. The zero-order valence-corrected chi connectivity index (χ0v) is 19.0. The van der Waals surface area contributed by atoms with E-state index in [0.29, 0.717) is 34.0 Å². The Morgan fingerprint density at radius 2 is 2.03 bits per heavy atom. The molecule has 0 unspecified atom stereocenters. The first-order valence-corrected chi connectivity index (χ1v) is 10.3. The molecule has 0 aliphatic rings. The highest BCUT2D eigenvalue weighted by Gasteiger charge is 2.23. The number of carbonyl (C=O) groups is 1. The summed E-state index contributed by atoms with van der Waals surface area (Å²) in [6.07, 6.45) is 0. The van der Waals surface area contributed by atoms with Gasteiger partial charge in [0.05, 0.1) is 18.5 Å². The molecule has 0 saturated carbocycles. The minimum Gasteiger partial charge on any atom is -0.493 e. The smallest absolute Gasteiger partial charge is 0.292 e. The molecule has 0 aliphatic carbocycles. The predicted molar refractivity (Wildman–Crippen MR) is 122 cm³/mol. The first kappa shape index (κ1) is 23.4. The van der Waals surface area contributed by atoms with Gasteiger partial charge >= 0.3 is 0 Å². The van der Waals surface area contributed by atoms with Crippen LogP contribution >= 0.6 is 0 Å². The van der Waals surface area contributed by atoms with Crippen molar-refractivity contribution in [2.75, 3.05) is 12.8 Å². The normalized spacial score (nSPS) is 11.4. The molecule has 0 radical (unpaired) electrons. The van der Waals surface area contributed by atoms with Gasteiger partial charge in [-0.25, -0.2) is 14.4 Å². The van der Waals surface area contributed by atoms with Crippen LogP contribution in [-0.4, -0.2) is 44.0 Å². The Bertz CT molecular complexity index is 1400. The molecular formula is C22H21FN8O4. The Kier molecular flexibility index (Phi) is 6.66. The lowest BCUT2D eigenvalue weighted by Gasteiger charge is -2.13. The van der Waals surface area contributed by atoms with E-state index in [-0.39, 0.29) is 29.8 Å². The Labute approximate surface area is 198 Å². The van der Waals surface area contributed by atoms with Crippen molar-refractivity contribution in [1.82, 2.24) is 30.7 Å². The van der Waals surface area contributed by atoms with E-state index >= 15 is 0 Å². The molecule has 0 fully saturated rings. The number of hydrazone groups is 1. The monoisotopic (exact) mass is 480 g/mol. The number of carbonyl (C=O) groups excluding carboxylic acids is 1. The molecule has 0 spiro atoms. The first-order valence-electron chi connectivity index (χ1n) is 10.3. The van der Waals surface area contributed by atoms with E-state index in [1.807, 2.05) is 0 Å². The summed E-state index contributed by atoms with van der Waals surface area (Å²) in [4.78, 5) is 12.8. The topological polar surface area (TPSA) is 156 Å². The number of nitrogens with one attached hydrogen (secondary N) is 1.